The summed E-state index contributed by atoms with van der Waals surface area (Å²) in [6.45, 7) is 5.90. The summed E-state index contributed by atoms with van der Waals surface area (Å²) in [5.74, 6) is -1.11. The lowest BCUT2D eigenvalue weighted by Crippen LogP contribution is -2.39. The van der Waals surface area contributed by atoms with Crippen LogP contribution >= 0.6 is 0 Å². The number of nitrogens with one attached hydrogen (secondary N) is 1. The Bertz CT molecular complexity index is 825. The molecule has 1 aliphatic rings. The van der Waals surface area contributed by atoms with E-state index in [9.17, 15) is 9.59 Å². The summed E-state index contributed by atoms with van der Waals surface area (Å²) in [5, 5.41) is 11.8. The maximum Gasteiger partial charge on any atom is 0.310 e. The first-order valence-electron chi connectivity index (χ1n) is 8.72. The highest BCUT2D eigenvalue weighted by atomic mass is 16.4. The van der Waals surface area contributed by atoms with Gasteiger partial charge in [0.15, 0.2) is 5.76 Å². The largest absolute Gasteiger partial charge is 0.481 e. The van der Waals surface area contributed by atoms with E-state index in [1.165, 1.54) is 17.5 Å². The summed E-state index contributed by atoms with van der Waals surface area (Å²) in [6.07, 6.45) is 2.47. The average Bonchev–Trinajstić information content (AvgIpc) is 3.18. The number of carboxylic acid groups (broad SMARTS) is 1. The molecule has 138 valence electrons. The van der Waals surface area contributed by atoms with Crippen LogP contribution in [0.2, 0.25) is 0 Å². The topological polar surface area (TPSA) is 82.8 Å². The van der Waals surface area contributed by atoms with E-state index >= 15 is 0 Å². The molecule has 2 heterocycles. The fourth-order valence-electron chi connectivity index (χ4n) is 3.17. The first-order valence-corrected chi connectivity index (χ1v) is 8.72. The summed E-state index contributed by atoms with van der Waals surface area (Å²) in [7, 11) is 0. The van der Waals surface area contributed by atoms with E-state index in [1.807, 2.05) is 12.1 Å². The van der Waals surface area contributed by atoms with Gasteiger partial charge in [-0.2, -0.15) is 0 Å². The van der Waals surface area contributed by atoms with Crippen LogP contribution in [0.25, 0.3) is 0 Å². The van der Waals surface area contributed by atoms with E-state index in [-0.39, 0.29) is 18.2 Å². The zero-order chi connectivity index (χ0) is 18.9. The minimum atomic E-state index is -1.04. The third kappa shape index (κ3) is 3.45. The second-order valence-corrected chi connectivity index (χ2v) is 7.46. The number of anilines is 1. The van der Waals surface area contributed by atoms with E-state index in [2.05, 4.69) is 29.3 Å². The van der Waals surface area contributed by atoms with Crippen LogP contribution in [0.5, 0.6) is 0 Å². The Morgan fingerprint density at radius 3 is 2.77 bits per heavy atom. The van der Waals surface area contributed by atoms with Crippen molar-refractivity contribution in [3.8, 4) is 0 Å². The first-order chi connectivity index (χ1) is 12.3. The number of fused-ring (bicyclic) bond motifs is 1. The minimum Gasteiger partial charge on any atom is -0.481 e. The van der Waals surface area contributed by atoms with E-state index in [0.717, 1.165) is 12.0 Å². The zero-order valence-corrected chi connectivity index (χ0v) is 15.3. The van der Waals surface area contributed by atoms with Crippen molar-refractivity contribution in [2.45, 2.75) is 39.8 Å². The van der Waals surface area contributed by atoms with Gasteiger partial charge in [-0.05, 0) is 44.9 Å². The van der Waals surface area contributed by atoms with E-state index in [1.54, 1.807) is 19.9 Å². The molecule has 6 nitrogen and oxygen atoms in total. The Hall–Kier alpha value is -2.76. The monoisotopic (exact) mass is 356 g/mol. The van der Waals surface area contributed by atoms with Gasteiger partial charge in [-0.1, -0.05) is 18.2 Å². The van der Waals surface area contributed by atoms with E-state index in [0.29, 0.717) is 12.6 Å². The van der Waals surface area contributed by atoms with Gasteiger partial charge in [-0.15, -0.1) is 0 Å². The quantitative estimate of drug-likeness (QED) is 0.831. The van der Waals surface area contributed by atoms with Crippen LogP contribution in [-0.4, -0.2) is 29.6 Å². The Morgan fingerprint density at radius 1 is 1.31 bits per heavy atom. The maximum atomic E-state index is 12.5. The molecule has 1 atom stereocenters. The Balaban J connectivity index is 1.73. The molecule has 1 aromatic heterocycles. The van der Waals surface area contributed by atoms with Crippen molar-refractivity contribution in [2.24, 2.45) is 5.41 Å². The van der Waals surface area contributed by atoms with Crippen molar-refractivity contribution in [3.05, 3.63) is 53.5 Å². The molecule has 0 spiro atoms. The van der Waals surface area contributed by atoms with Gasteiger partial charge in [0, 0.05) is 30.4 Å². The number of carbonyl (C=O) groups is 2. The van der Waals surface area contributed by atoms with Gasteiger partial charge in [0.2, 0.25) is 0 Å². The van der Waals surface area contributed by atoms with Gasteiger partial charge < -0.3 is 19.7 Å². The molecule has 1 amide bonds. The number of benzene rings is 1. The number of amides is 1. The molecule has 0 saturated carbocycles. The lowest BCUT2D eigenvalue weighted by molar-refractivity contribution is -0.146. The smallest absolute Gasteiger partial charge is 0.310 e. The number of para-hydroxylation sites is 1. The molecule has 0 bridgehead atoms. The van der Waals surface area contributed by atoms with Crippen molar-refractivity contribution in [1.82, 2.24) is 5.32 Å². The van der Waals surface area contributed by atoms with Crippen LogP contribution in [0.3, 0.4) is 0 Å². The molecule has 1 aliphatic heterocycles. The molecule has 0 aliphatic carbocycles. The molecular weight excluding hydrogens is 332 g/mol. The van der Waals surface area contributed by atoms with Gasteiger partial charge in [-0.3, -0.25) is 9.59 Å². The number of aliphatic carboxylic acids is 1. The Labute approximate surface area is 152 Å². The Morgan fingerprint density at radius 2 is 2.04 bits per heavy atom. The number of nitrogens with zero attached hydrogens (tertiary/aromatic N) is 1. The van der Waals surface area contributed by atoms with Crippen LogP contribution < -0.4 is 10.2 Å². The highest BCUT2D eigenvalue weighted by Crippen LogP contribution is 2.33. The lowest BCUT2D eigenvalue weighted by atomic mass is 9.94. The summed E-state index contributed by atoms with van der Waals surface area (Å²) in [6, 6.07) is 10.4. The van der Waals surface area contributed by atoms with Crippen molar-refractivity contribution in [2.75, 3.05) is 11.4 Å². The predicted molar refractivity (Wildman–Crippen MR) is 98.2 cm³/mol. The molecule has 3 rings (SSSR count). The van der Waals surface area contributed by atoms with E-state index < -0.39 is 11.4 Å². The highest BCUT2D eigenvalue weighted by Gasteiger charge is 2.30. The number of carbonyl (C=O) groups excluding carboxylic acids is 1. The summed E-state index contributed by atoms with van der Waals surface area (Å²) < 4.78 is 5.40. The van der Waals surface area contributed by atoms with Crippen molar-refractivity contribution in [3.63, 3.8) is 0 Å². The second kappa shape index (κ2) is 6.86. The van der Waals surface area contributed by atoms with Crippen LogP contribution in [0, 0.1) is 5.41 Å². The van der Waals surface area contributed by atoms with Crippen molar-refractivity contribution in [1.29, 1.82) is 0 Å². The van der Waals surface area contributed by atoms with Gasteiger partial charge in [-0.25, -0.2) is 0 Å². The molecule has 2 N–H and O–H groups in total. The third-order valence-corrected chi connectivity index (χ3v) is 4.91. The molecule has 1 unspecified atom stereocenters. The average molecular weight is 356 g/mol. The van der Waals surface area contributed by atoms with Crippen molar-refractivity contribution < 1.29 is 19.1 Å². The zero-order valence-electron chi connectivity index (χ0n) is 15.3. The normalized spacial score (nSPS) is 16.4. The SMILES string of the molecule is CC1Cc2ccccc2N1Cc1ccoc1C(=O)NCC(C)(C)C(=O)O. The summed E-state index contributed by atoms with van der Waals surface area (Å²) in [5.41, 5.74) is 2.24. The van der Waals surface area contributed by atoms with E-state index in [4.69, 9.17) is 9.52 Å². The molecule has 6 heteroatoms. The van der Waals surface area contributed by atoms with Gasteiger partial charge in [0.25, 0.3) is 5.91 Å². The molecule has 26 heavy (non-hydrogen) atoms. The number of hydrogen-bond acceptors (Lipinski definition) is 4. The molecule has 0 fully saturated rings. The number of carboxylic acids is 1. The predicted octanol–water partition coefficient (Wildman–Crippen LogP) is 3.07. The summed E-state index contributed by atoms with van der Waals surface area (Å²) in [4.78, 5) is 25.9. The second-order valence-electron chi connectivity index (χ2n) is 7.46. The maximum absolute atomic E-state index is 12.5. The minimum absolute atomic E-state index is 0.0320. The molecular formula is C20H24N2O4. The van der Waals surface area contributed by atoms with Gasteiger partial charge in [0.05, 0.1) is 11.7 Å². The van der Waals surface area contributed by atoms with Gasteiger partial charge >= 0.3 is 5.97 Å². The lowest BCUT2D eigenvalue weighted by Gasteiger charge is -2.25. The van der Waals surface area contributed by atoms with Crippen LogP contribution in [0.1, 0.15) is 42.5 Å². The fraction of sp³-hybridized carbons (Fsp3) is 0.400. The Kier molecular flexibility index (Phi) is 4.76. The fourth-order valence-corrected chi connectivity index (χ4v) is 3.17. The first kappa shape index (κ1) is 18.0. The number of rotatable bonds is 6. The summed E-state index contributed by atoms with van der Waals surface area (Å²) >= 11 is 0. The number of furan rings is 1. The molecule has 2 aromatic rings. The third-order valence-electron chi connectivity index (χ3n) is 4.91. The number of hydrogen-bond donors (Lipinski definition) is 2. The standard InChI is InChI=1S/C20H24N2O4/c1-13-10-14-6-4-5-7-16(14)22(13)11-15-8-9-26-17(15)18(23)21-12-20(2,3)19(24)25/h4-9,13H,10-12H2,1-3H3,(H,21,23)(H,24,25). The highest BCUT2D eigenvalue weighted by molar-refractivity contribution is 5.93. The molecule has 0 radical (unpaired) electrons. The van der Waals surface area contributed by atoms with Crippen LogP contribution in [0.15, 0.2) is 41.0 Å². The molecule has 0 saturated heterocycles. The van der Waals surface area contributed by atoms with Gasteiger partial charge in [0.1, 0.15) is 0 Å². The van der Waals surface area contributed by atoms with Crippen molar-refractivity contribution >= 4 is 17.6 Å². The van der Waals surface area contributed by atoms with Crippen LogP contribution in [-0.2, 0) is 17.8 Å². The molecule has 1 aromatic carbocycles. The van der Waals surface area contributed by atoms with Crippen LogP contribution in [0.4, 0.5) is 5.69 Å².